The Hall–Kier alpha value is -1.81. The van der Waals surface area contributed by atoms with Crippen LogP contribution in [0.4, 0.5) is 0 Å². The van der Waals surface area contributed by atoms with E-state index in [-0.39, 0.29) is 5.97 Å². The molecule has 0 amide bonds. The fraction of sp³-hybridized carbons (Fsp3) is 0.316. The molecule has 3 nitrogen and oxygen atoms in total. The van der Waals surface area contributed by atoms with Crippen LogP contribution in [-0.4, -0.2) is 19.2 Å². The minimum absolute atomic E-state index is 0.310. The van der Waals surface area contributed by atoms with Crippen LogP contribution in [0.15, 0.2) is 53.0 Å². The molecule has 0 aliphatic carbocycles. The highest BCUT2D eigenvalue weighted by atomic mass is 79.9. The summed E-state index contributed by atoms with van der Waals surface area (Å²) in [7, 11) is 0. The molecule has 2 aromatic rings. The van der Waals surface area contributed by atoms with Crippen LogP contribution >= 0.6 is 15.9 Å². The van der Waals surface area contributed by atoms with Gasteiger partial charge >= 0.3 is 5.97 Å². The van der Waals surface area contributed by atoms with Crippen molar-refractivity contribution in [1.29, 1.82) is 0 Å². The van der Waals surface area contributed by atoms with E-state index in [0.717, 1.165) is 16.6 Å². The number of rotatable bonds is 7. The van der Waals surface area contributed by atoms with Gasteiger partial charge in [0.15, 0.2) is 0 Å². The second-order valence-corrected chi connectivity index (χ2v) is 6.58. The number of carbonyl (C=O) groups excluding carboxylic acids is 1. The Bertz CT molecular complexity index is 638. The number of carbonyl (C=O) groups is 1. The Morgan fingerprint density at radius 3 is 2.52 bits per heavy atom. The minimum atomic E-state index is -0.310. The van der Waals surface area contributed by atoms with E-state index in [9.17, 15) is 4.79 Å². The topological polar surface area (TPSA) is 35.5 Å². The SMILES string of the molecule is CC(C)COC(=O)c1ccc(OCCc2ccccc2)c(Br)c1. The van der Waals surface area contributed by atoms with Gasteiger partial charge in [-0.05, 0) is 45.6 Å². The smallest absolute Gasteiger partial charge is 0.338 e. The van der Waals surface area contributed by atoms with E-state index in [1.54, 1.807) is 18.2 Å². The van der Waals surface area contributed by atoms with Gasteiger partial charge in [-0.3, -0.25) is 0 Å². The molecule has 0 saturated heterocycles. The van der Waals surface area contributed by atoms with Crippen LogP contribution in [-0.2, 0) is 11.2 Å². The highest BCUT2D eigenvalue weighted by Crippen LogP contribution is 2.26. The molecule has 23 heavy (non-hydrogen) atoms. The van der Waals surface area contributed by atoms with Crippen molar-refractivity contribution in [2.45, 2.75) is 20.3 Å². The first-order chi connectivity index (χ1) is 11.1. The molecule has 2 rings (SSSR count). The summed E-state index contributed by atoms with van der Waals surface area (Å²) in [5, 5.41) is 0. The molecule has 0 spiro atoms. The van der Waals surface area contributed by atoms with Crippen molar-refractivity contribution in [3.05, 3.63) is 64.1 Å². The maximum Gasteiger partial charge on any atom is 0.338 e. The Morgan fingerprint density at radius 1 is 1.13 bits per heavy atom. The molecule has 0 saturated carbocycles. The fourth-order valence-electron chi connectivity index (χ4n) is 1.99. The van der Waals surface area contributed by atoms with Crippen molar-refractivity contribution in [1.82, 2.24) is 0 Å². The third kappa shape index (κ3) is 5.71. The normalized spacial score (nSPS) is 10.6. The van der Waals surface area contributed by atoms with E-state index >= 15 is 0 Å². The Kier molecular flexibility index (Phi) is 6.66. The minimum Gasteiger partial charge on any atom is -0.492 e. The first kappa shape index (κ1) is 17.5. The van der Waals surface area contributed by atoms with E-state index in [0.29, 0.717) is 24.7 Å². The van der Waals surface area contributed by atoms with Crippen LogP contribution in [0.2, 0.25) is 0 Å². The standard InChI is InChI=1S/C19H21BrO3/c1-14(2)13-23-19(21)16-8-9-18(17(20)12-16)22-11-10-15-6-4-3-5-7-15/h3-9,12,14H,10-11,13H2,1-2H3. The van der Waals surface area contributed by atoms with Gasteiger partial charge in [-0.25, -0.2) is 4.79 Å². The van der Waals surface area contributed by atoms with Gasteiger partial charge in [0.1, 0.15) is 5.75 Å². The van der Waals surface area contributed by atoms with Gasteiger partial charge in [0, 0.05) is 6.42 Å². The highest BCUT2D eigenvalue weighted by molar-refractivity contribution is 9.10. The third-order valence-corrected chi connectivity index (χ3v) is 3.83. The van der Waals surface area contributed by atoms with Gasteiger partial charge in [-0.2, -0.15) is 0 Å². The number of benzene rings is 2. The molecule has 0 unspecified atom stereocenters. The number of ether oxygens (including phenoxy) is 2. The van der Waals surface area contributed by atoms with E-state index in [1.807, 2.05) is 32.0 Å². The zero-order chi connectivity index (χ0) is 16.7. The van der Waals surface area contributed by atoms with Crippen LogP contribution in [0.3, 0.4) is 0 Å². The van der Waals surface area contributed by atoms with Crippen molar-refractivity contribution in [2.75, 3.05) is 13.2 Å². The summed E-state index contributed by atoms with van der Waals surface area (Å²) in [5.41, 5.74) is 1.76. The summed E-state index contributed by atoms with van der Waals surface area (Å²) in [6, 6.07) is 15.4. The average Bonchev–Trinajstić information content (AvgIpc) is 2.55. The molecule has 0 atom stereocenters. The second kappa shape index (κ2) is 8.73. The van der Waals surface area contributed by atoms with E-state index in [4.69, 9.17) is 9.47 Å². The summed E-state index contributed by atoms with van der Waals surface area (Å²) in [4.78, 5) is 11.9. The molecule has 0 aromatic heterocycles. The predicted molar refractivity (Wildman–Crippen MR) is 94.9 cm³/mol. The van der Waals surface area contributed by atoms with Gasteiger partial charge in [0.2, 0.25) is 0 Å². The van der Waals surface area contributed by atoms with Gasteiger partial charge in [-0.15, -0.1) is 0 Å². The van der Waals surface area contributed by atoms with Crippen LogP contribution in [0, 0.1) is 5.92 Å². The molecule has 4 heteroatoms. The van der Waals surface area contributed by atoms with E-state index < -0.39 is 0 Å². The van der Waals surface area contributed by atoms with E-state index in [1.165, 1.54) is 5.56 Å². The summed E-state index contributed by atoms with van der Waals surface area (Å²) < 4.78 is 11.8. The molecule has 0 aliphatic rings. The maximum atomic E-state index is 11.9. The number of hydrogen-bond donors (Lipinski definition) is 0. The molecular weight excluding hydrogens is 356 g/mol. The summed E-state index contributed by atoms with van der Waals surface area (Å²) in [6.07, 6.45) is 0.839. The number of halogens is 1. The quantitative estimate of drug-likeness (QED) is 0.645. The molecule has 0 bridgehead atoms. The lowest BCUT2D eigenvalue weighted by molar-refractivity contribution is 0.0459. The lowest BCUT2D eigenvalue weighted by Crippen LogP contribution is -2.10. The molecular formula is C19H21BrO3. The van der Waals surface area contributed by atoms with Gasteiger partial charge in [0.25, 0.3) is 0 Å². The Labute approximate surface area is 145 Å². The summed E-state index contributed by atoms with van der Waals surface area (Å²) in [5.74, 6) is 0.736. The maximum absolute atomic E-state index is 11.9. The third-order valence-electron chi connectivity index (χ3n) is 3.21. The summed E-state index contributed by atoms with van der Waals surface area (Å²) >= 11 is 3.45. The zero-order valence-electron chi connectivity index (χ0n) is 13.4. The largest absolute Gasteiger partial charge is 0.492 e. The first-order valence-electron chi connectivity index (χ1n) is 7.69. The molecule has 2 aromatic carbocycles. The molecule has 122 valence electrons. The lowest BCUT2D eigenvalue weighted by Gasteiger charge is -2.11. The fourth-order valence-corrected chi connectivity index (χ4v) is 2.49. The van der Waals surface area contributed by atoms with Crippen molar-refractivity contribution in [3.8, 4) is 5.75 Å². The number of hydrogen-bond acceptors (Lipinski definition) is 3. The van der Waals surface area contributed by atoms with E-state index in [2.05, 4.69) is 28.1 Å². The summed E-state index contributed by atoms with van der Waals surface area (Å²) in [6.45, 7) is 5.02. The van der Waals surface area contributed by atoms with Crippen molar-refractivity contribution in [2.24, 2.45) is 5.92 Å². The molecule has 0 N–H and O–H groups in total. The monoisotopic (exact) mass is 376 g/mol. The molecule has 0 heterocycles. The van der Waals surface area contributed by atoms with Gasteiger partial charge < -0.3 is 9.47 Å². The van der Waals surface area contributed by atoms with Gasteiger partial charge in [-0.1, -0.05) is 44.2 Å². The average molecular weight is 377 g/mol. The highest BCUT2D eigenvalue weighted by Gasteiger charge is 2.11. The molecule has 0 aliphatic heterocycles. The number of esters is 1. The molecule has 0 fully saturated rings. The van der Waals surface area contributed by atoms with Crippen LogP contribution < -0.4 is 4.74 Å². The van der Waals surface area contributed by atoms with Crippen molar-refractivity contribution < 1.29 is 14.3 Å². The first-order valence-corrected chi connectivity index (χ1v) is 8.49. The lowest BCUT2D eigenvalue weighted by atomic mass is 10.2. The van der Waals surface area contributed by atoms with Crippen LogP contribution in [0.1, 0.15) is 29.8 Å². The van der Waals surface area contributed by atoms with Crippen molar-refractivity contribution in [3.63, 3.8) is 0 Å². The zero-order valence-corrected chi connectivity index (χ0v) is 15.0. The van der Waals surface area contributed by atoms with Crippen LogP contribution in [0.5, 0.6) is 5.75 Å². The van der Waals surface area contributed by atoms with Crippen LogP contribution in [0.25, 0.3) is 0 Å². The Morgan fingerprint density at radius 2 is 1.87 bits per heavy atom. The second-order valence-electron chi connectivity index (χ2n) is 5.72. The molecule has 0 radical (unpaired) electrons. The van der Waals surface area contributed by atoms with Gasteiger partial charge in [0.05, 0.1) is 23.2 Å². The predicted octanol–water partition coefficient (Wildman–Crippen LogP) is 4.88. The Balaban J connectivity index is 1.90. The van der Waals surface area contributed by atoms with Crippen molar-refractivity contribution >= 4 is 21.9 Å².